The van der Waals surface area contributed by atoms with Gasteiger partial charge in [-0.3, -0.25) is 4.79 Å². The summed E-state index contributed by atoms with van der Waals surface area (Å²) < 4.78 is 0. The minimum Gasteiger partial charge on any atom is -0.367 e. The van der Waals surface area contributed by atoms with Gasteiger partial charge in [-0.25, -0.2) is 0 Å². The maximum atomic E-state index is 12.2. The van der Waals surface area contributed by atoms with Gasteiger partial charge in [0.05, 0.1) is 0 Å². The summed E-state index contributed by atoms with van der Waals surface area (Å²) in [5.74, 6) is 0.151. The highest BCUT2D eigenvalue weighted by Crippen LogP contribution is 2.24. The molecular weight excluding hydrogens is 296 g/mol. The Bertz CT molecular complexity index is 669. The lowest BCUT2D eigenvalue weighted by molar-refractivity contribution is -0.121. The van der Waals surface area contributed by atoms with Crippen LogP contribution in [0.25, 0.3) is 0 Å². The van der Waals surface area contributed by atoms with Crippen molar-refractivity contribution >= 4 is 11.6 Å². The third-order valence-corrected chi connectivity index (χ3v) is 4.88. The first kappa shape index (κ1) is 16.6. The van der Waals surface area contributed by atoms with Gasteiger partial charge >= 0.3 is 0 Å². The number of benzene rings is 2. The van der Waals surface area contributed by atoms with Gasteiger partial charge < -0.3 is 10.2 Å². The monoisotopic (exact) mass is 322 g/mol. The summed E-state index contributed by atoms with van der Waals surface area (Å²) in [6, 6.07) is 19.2. The van der Waals surface area contributed by atoms with E-state index in [1.165, 1.54) is 23.2 Å². The van der Waals surface area contributed by atoms with Gasteiger partial charge in [-0.15, -0.1) is 0 Å². The number of nitrogens with zero attached hydrogens (tertiary/aromatic N) is 1. The molecule has 3 nitrogen and oxygen atoms in total. The second-order valence-corrected chi connectivity index (χ2v) is 6.56. The van der Waals surface area contributed by atoms with Crippen LogP contribution in [-0.2, 0) is 11.2 Å². The number of hydrogen-bond acceptors (Lipinski definition) is 2. The molecule has 0 unspecified atom stereocenters. The number of para-hydroxylation sites is 1. The van der Waals surface area contributed by atoms with Gasteiger partial charge in [0, 0.05) is 31.2 Å². The molecule has 1 atom stereocenters. The minimum atomic E-state index is 0.151. The number of anilines is 1. The summed E-state index contributed by atoms with van der Waals surface area (Å²) in [5.41, 5.74) is 3.78. The SMILES string of the molecule is Cc1ccccc1CCC(=O)NC[C@H]1CCCN1c1ccccc1. The van der Waals surface area contributed by atoms with Crippen molar-refractivity contribution in [3.8, 4) is 0 Å². The van der Waals surface area contributed by atoms with E-state index < -0.39 is 0 Å². The second-order valence-electron chi connectivity index (χ2n) is 6.56. The van der Waals surface area contributed by atoms with E-state index in [-0.39, 0.29) is 5.91 Å². The topological polar surface area (TPSA) is 32.3 Å². The highest BCUT2D eigenvalue weighted by atomic mass is 16.1. The van der Waals surface area contributed by atoms with Crippen molar-refractivity contribution in [3.63, 3.8) is 0 Å². The van der Waals surface area contributed by atoms with Crippen LogP contribution in [-0.4, -0.2) is 25.0 Å². The molecule has 24 heavy (non-hydrogen) atoms. The fraction of sp³-hybridized carbons (Fsp3) is 0.381. The lowest BCUT2D eigenvalue weighted by Crippen LogP contribution is -2.40. The summed E-state index contributed by atoms with van der Waals surface area (Å²) >= 11 is 0. The highest BCUT2D eigenvalue weighted by molar-refractivity contribution is 5.76. The molecule has 1 fully saturated rings. The van der Waals surface area contributed by atoms with E-state index in [0.29, 0.717) is 12.5 Å². The largest absolute Gasteiger partial charge is 0.367 e. The van der Waals surface area contributed by atoms with Crippen molar-refractivity contribution in [2.24, 2.45) is 0 Å². The predicted octanol–water partition coefficient (Wildman–Crippen LogP) is 3.71. The molecule has 126 valence electrons. The first-order chi connectivity index (χ1) is 11.7. The second kappa shape index (κ2) is 8.00. The molecule has 0 radical (unpaired) electrons. The van der Waals surface area contributed by atoms with Crippen LogP contribution in [0.5, 0.6) is 0 Å². The van der Waals surface area contributed by atoms with E-state index >= 15 is 0 Å². The predicted molar refractivity (Wildman–Crippen MR) is 99.3 cm³/mol. The third kappa shape index (κ3) is 4.16. The Balaban J connectivity index is 1.48. The summed E-state index contributed by atoms with van der Waals surface area (Å²) in [4.78, 5) is 14.6. The zero-order valence-electron chi connectivity index (χ0n) is 14.4. The number of carbonyl (C=O) groups excluding carboxylic acids is 1. The van der Waals surface area contributed by atoms with Crippen LogP contribution in [0.4, 0.5) is 5.69 Å². The van der Waals surface area contributed by atoms with Gasteiger partial charge in [0.1, 0.15) is 0 Å². The van der Waals surface area contributed by atoms with E-state index in [0.717, 1.165) is 25.9 Å². The average molecular weight is 322 g/mol. The molecule has 2 aromatic carbocycles. The molecule has 0 aromatic heterocycles. The standard InChI is InChI=1S/C21H26N2O/c1-17-8-5-6-9-18(17)13-14-21(24)22-16-20-12-7-15-23(20)19-10-3-2-4-11-19/h2-6,8-11,20H,7,12-16H2,1H3,(H,22,24)/t20-/m1/s1. The van der Waals surface area contributed by atoms with E-state index in [2.05, 4.69) is 53.5 Å². The minimum absolute atomic E-state index is 0.151. The molecule has 0 saturated carbocycles. The summed E-state index contributed by atoms with van der Waals surface area (Å²) in [6.45, 7) is 3.92. The Morgan fingerprint density at radius 1 is 1.12 bits per heavy atom. The fourth-order valence-electron chi connectivity index (χ4n) is 3.47. The van der Waals surface area contributed by atoms with Crippen LogP contribution in [0.1, 0.15) is 30.4 Å². The van der Waals surface area contributed by atoms with Crippen molar-refractivity contribution in [2.75, 3.05) is 18.0 Å². The number of rotatable bonds is 6. The molecule has 3 rings (SSSR count). The molecular formula is C21H26N2O. The Morgan fingerprint density at radius 3 is 2.67 bits per heavy atom. The molecule has 1 N–H and O–H groups in total. The average Bonchev–Trinajstić information content (AvgIpc) is 3.08. The van der Waals surface area contributed by atoms with Crippen LogP contribution in [0, 0.1) is 6.92 Å². The van der Waals surface area contributed by atoms with E-state index in [1.54, 1.807) is 0 Å². The summed E-state index contributed by atoms with van der Waals surface area (Å²) in [5, 5.41) is 3.13. The van der Waals surface area contributed by atoms with Crippen LogP contribution in [0.2, 0.25) is 0 Å². The Hall–Kier alpha value is -2.29. The Labute approximate surface area is 144 Å². The van der Waals surface area contributed by atoms with Gasteiger partial charge in [-0.2, -0.15) is 0 Å². The number of amides is 1. The fourth-order valence-corrected chi connectivity index (χ4v) is 3.47. The molecule has 3 heteroatoms. The van der Waals surface area contributed by atoms with Crippen molar-refractivity contribution in [1.82, 2.24) is 5.32 Å². The third-order valence-electron chi connectivity index (χ3n) is 4.88. The van der Waals surface area contributed by atoms with Crippen molar-refractivity contribution in [1.29, 1.82) is 0 Å². The van der Waals surface area contributed by atoms with Crippen LogP contribution < -0.4 is 10.2 Å². The number of nitrogens with one attached hydrogen (secondary N) is 1. The van der Waals surface area contributed by atoms with Crippen LogP contribution in [0.15, 0.2) is 54.6 Å². The summed E-state index contributed by atoms with van der Waals surface area (Å²) in [7, 11) is 0. The number of hydrogen-bond donors (Lipinski definition) is 1. The molecule has 1 heterocycles. The zero-order valence-corrected chi connectivity index (χ0v) is 14.4. The molecule has 1 saturated heterocycles. The summed E-state index contributed by atoms with van der Waals surface area (Å²) in [6.07, 6.45) is 3.71. The Morgan fingerprint density at radius 2 is 1.88 bits per heavy atom. The van der Waals surface area contributed by atoms with Crippen molar-refractivity contribution in [2.45, 2.75) is 38.6 Å². The number of carbonyl (C=O) groups is 1. The maximum absolute atomic E-state index is 12.2. The van der Waals surface area contributed by atoms with Crippen molar-refractivity contribution in [3.05, 3.63) is 65.7 Å². The van der Waals surface area contributed by atoms with E-state index in [1.807, 2.05) is 18.2 Å². The van der Waals surface area contributed by atoms with Gasteiger partial charge in [0.25, 0.3) is 0 Å². The molecule has 1 aliphatic heterocycles. The van der Waals surface area contributed by atoms with Gasteiger partial charge in [0.15, 0.2) is 0 Å². The lowest BCUT2D eigenvalue weighted by atomic mass is 10.0. The number of aryl methyl sites for hydroxylation is 2. The first-order valence-electron chi connectivity index (χ1n) is 8.87. The normalized spacial score (nSPS) is 17.0. The zero-order chi connectivity index (χ0) is 16.8. The molecule has 2 aromatic rings. The maximum Gasteiger partial charge on any atom is 0.220 e. The smallest absolute Gasteiger partial charge is 0.220 e. The molecule has 0 bridgehead atoms. The molecule has 0 aliphatic carbocycles. The quantitative estimate of drug-likeness (QED) is 0.879. The van der Waals surface area contributed by atoms with Gasteiger partial charge in [-0.05, 0) is 49.4 Å². The van der Waals surface area contributed by atoms with Crippen molar-refractivity contribution < 1.29 is 4.79 Å². The first-order valence-corrected chi connectivity index (χ1v) is 8.87. The van der Waals surface area contributed by atoms with E-state index in [4.69, 9.17) is 0 Å². The molecule has 1 amide bonds. The molecule has 0 spiro atoms. The molecule has 1 aliphatic rings. The van der Waals surface area contributed by atoms with Crippen LogP contribution >= 0.6 is 0 Å². The Kier molecular flexibility index (Phi) is 5.52. The highest BCUT2D eigenvalue weighted by Gasteiger charge is 2.24. The van der Waals surface area contributed by atoms with Gasteiger partial charge in [0.2, 0.25) is 5.91 Å². The van der Waals surface area contributed by atoms with Gasteiger partial charge in [-0.1, -0.05) is 42.5 Å². The van der Waals surface area contributed by atoms with Crippen LogP contribution in [0.3, 0.4) is 0 Å². The van der Waals surface area contributed by atoms with E-state index in [9.17, 15) is 4.79 Å². The lowest BCUT2D eigenvalue weighted by Gasteiger charge is -2.27.